The molecule has 0 spiro atoms. The van der Waals surface area contributed by atoms with E-state index in [4.69, 9.17) is 9.26 Å². The Labute approximate surface area is 217 Å². The number of benzene rings is 2. The Bertz CT molecular complexity index is 1230. The first-order valence-corrected chi connectivity index (χ1v) is 12.4. The van der Waals surface area contributed by atoms with Crippen LogP contribution in [0.4, 0.5) is 0 Å². The number of hydrogen-bond donors (Lipinski definition) is 3. The highest BCUT2D eigenvalue weighted by Gasteiger charge is 2.27. The van der Waals surface area contributed by atoms with Crippen molar-refractivity contribution in [3.8, 4) is 33.9 Å². The summed E-state index contributed by atoms with van der Waals surface area (Å²) in [5, 5.41) is 27.7. The second-order valence-electron chi connectivity index (χ2n) is 9.17. The monoisotopic (exact) mass is 509 g/mol. The lowest BCUT2D eigenvalue weighted by Gasteiger charge is -2.16. The van der Waals surface area contributed by atoms with Crippen LogP contribution in [-0.2, 0) is 16.1 Å². The van der Waals surface area contributed by atoms with Gasteiger partial charge in [-0.15, -0.1) is 0 Å². The van der Waals surface area contributed by atoms with Crippen molar-refractivity contribution in [3.63, 3.8) is 0 Å². The molecule has 3 rings (SSSR count). The number of phenolic OH excluding ortho intramolecular Hbond substituents is 2. The Kier molecular flexibility index (Phi) is 9.30. The van der Waals surface area contributed by atoms with Gasteiger partial charge in [0.25, 0.3) is 5.91 Å². The van der Waals surface area contributed by atoms with Gasteiger partial charge in [-0.3, -0.25) is 9.59 Å². The summed E-state index contributed by atoms with van der Waals surface area (Å²) in [5.74, 6) is -0.578. The highest BCUT2D eigenvalue weighted by atomic mass is 16.5. The molecule has 0 bridgehead atoms. The Morgan fingerprint density at radius 1 is 1.11 bits per heavy atom. The van der Waals surface area contributed by atoms with Crippen molar-refractivity contribution in [1.29, 1.82) is 0 Å². The first-order valence-electron chi connectivity index (χ1n) is 12.4. The standard InChI is InChI=1S/C28H35N3O6/c1-6-29-28(35)26-25(27(37-30-26)21-14-20(17(3)4)22(32)15-23(21)33)19-10-8-18(9-11-19)16-31(5)13-12-24(34)36-7-2/h8-11,14-15,17,32-33H,6-7,12-13,16H2,1-5H3,(H,29,35). The van der Waals surface area contributed by atoms with E-state index in [9.17, 15) is 19.8 Å². The lowest BCUT2D eigenvalue weighted by molar-refractivity contribution is -0.143. The summed E-state index contributed by atoms with van der Waals surface area (Å²) in [7, 11) is 1.93. The van der Waals surface area contributed by atoms with E-state index in [2.05, 4.69) is 10.5 Å². The number of amides is 1. The van der Waals surface area contributed by atoms with Gasteiger partial charge < -0.3 is 29.7 Å². The number of hydrogen-bond acceptors (Lipinski definition) is 8. The summed E-state index contributed by atoms with van der Waals surface area (Å²) in [6.45, 7) is 9.43. The zero-order valence-electron chi connectivity index (χ0n) is 22.0. The van der Waals surface area contributed by atoms with Gasteiger partial charge >= 0.3 is 5.97 Å². The quantitative estimate of drug-likeness (QED) is 0.318. The molecule has 1 amide bonds. The van der Waals surface area contributed by atoms with Crippen molar-refractivity contribution in [2.45, 2.75) is 46.6 Å². The average molecular weight is 510 g/mol. The number of esters is 1. The van der Waals surface area contributed by atoms with Gasteiger partial charge in [0.1, 0.15) is 11.5 Å². The molecule has 0 aliphatic carbocycles. The van der Waals surface area contributed by atoms with Gasteiger partial charge in [-0.2, -0.15) is 0 Å². The fourth-order valence-corrected chi connectivity index (χ4v) is 4.06. The fourth-order valence-electron chi connectivity index (χ4n) is 4.06. The molecule has 0 radical (unpaired) electrons. The Morgan fingerprint density at radius 3 is 2.43 bits per heavy atom. The lowest BCUT2D eigenvalue weighted by atomic mass is 9.94. The van der Waals surface area contributed by atoms with Crippen molar-refractivity contribution in [2.24, 2.45) is 0 Å². The molecule has 0 saturated heterocycles. The molecule has 9 heteroatoms. The third-order valence-electron chi connectivity index (χ3n) is 5.95. The van der Waals surface area contributed by atoms with Gasteiger partial charge in [0.05, 0.1) is 24.2 Å². The maximum atomic E-state index is 12.8. The van der Waals surface area contributed by atoms with Crippen LogP contribution in [-0.4, -0.2) is 58.9 Å². The van der Waals surface area contributed by atoms with Crippen LogP contribution in [0.15, 0.2) is 40.9 Å². The van der Waals surface area contributed by atoms with Crippen LogP contribution in [0.2, 0.25) is 0 Å². The maximum absolute atomic E-state index is 12.8. The summed E-state index contributed by atoms with van der Waals surface area (Å²) in [6.07, 6.45) is 0.316. The zero-order valence-corrected chi connectivity index (χ0v) is 22.0. The van der Waals surface area contributed by atoms with E-state index in [1.165, 1.54) is 6.07 Å². The molecule has 3 aromatic rings. The van der Waals surface area contributed by atoms with Gasteiger partial charge in [0.15, 0.2) is 11.5 Å². The predicted molar refractivity (Wildman–Crippen MR) is 140 cm³/mol. The van der Waals surface area contributed by atoms with E-state index in [1.54, 1.807) is 13.0 Å². The summed E-state index contributed by atoms with van der Waals surface area (Å²) in [4.78, 5) is 26.5. The summed E-state index contributed by atoms with van der Waals surface area (Å²) >= 11 is 0. The molecule has 0 fully saturated rings. The SMILES string of the molecule is CCNC(=O)c1noc(-c2cc(C(C)C)c(O)cc2O)c1-c1ccc(CN(C)CCC(=O)OCC)cc1. The molecule has 0 saturated carbocycles. The van der Waals surface area contributed by atoms with Crippen LogP contribution in [0, 0.1) is 0 Å². The highest BCUT2D eigenvalue weighted by molar-refractivity contribution is 6.02. The van der Waals surface area contributed by atoms with Gasteiger partial charge in [0.2, 0.25) is 0 Å². The number of nitrogens with zero attached hydrogens (tertiary/aromatic N) is 2. The van der Waals surface area contributed by atoms with Crippen LogP contribution in [0.3, 0.4) is 0 Å². The summed E-state index contributed by atoms with van der Waals surface area (Å²) in [6, 6.07) is 10.5. The summed E-state index contributed by atoms with van der Waals surface area (Å²) in [5.41, 5.74) is 3.23. The number of carbonyl (C=O) groups is 2. The minimum absolute atomic E-state index is 0.00585. The number of phenols is 2. The zero-order chi connectivity index (χ0) is 27.1. The average Bonchev–Trinajstić information content (AvgIpc) is 3.28. The van der Waals surface area contributed by atoms with Crippen molar-refractivity contribution in [2.75, 3.05) is 26.7 Å². The molecule has 1 aromatic heterocycles. The first-order chi connectivity index (χ1) is 17.7. The smallest absolute Gasteiger partial charge is 0.307 e. The largest absolute Gasteiger partial charge is 0.508 e. The van der Waals surface area contributed by atoms with Crippen molar-refractivity contribution >= 4 is 11.9 Å². The third-order valence-corrected chi connectivity index (χ3v) is 5.95. The molecule has 0 atom stereocenters. The molecule has 37 heavy (non-hydrogen) atoms. The Hall–Kier alpha value is -3.85. The number of aromatic hydroxyl groups is 2. The molecule has 3 N–H and O–H groups in total. The number of carbonyl (C=O) groups excluding carboxylic acids is 2. The Balaban J connectivity index is 1.96. The van der Waals surface area contributed by atoms with Crippen molar-refractivity contribution < 1.29 is 29.1 Å². The van der Waals surface area contributed by atoms with E-state index >= 15 is 0 Å². The van der Waals surface area contributed by atoms with Crippen LogP contribution < -0.4 is 5.32 Å². The van der Waals surface area contributed by atoms with Crippen LogP contribution >= 0.6 is 0 Å². The molecule has 0 aliphatic heterocycles. The predicted octanol–water partition coefficient (Wildman–Crippen LogP) is 4.68. The number of nitrogens with one attached hydrogen (secondary N) is 1. The van der Waals surface area contributed by atoms with Crippen LogP contribution in [0.1, 0.15) is 61.6 Å². The van der Waals surface area contributed by atoms with Crippen molar-refractivity contribution in [3.05, 3.63) is 53.2 Å². The van der Waals surface area contributed by atoms with E-state index < -0.39 is 5.91 Å². The second kappa shape index (κ2) is 12.4. The summed E-state index contributed by atoms with van der Waals surface area (Å²) < 4.78 is 10.6. The molecule has 198 valence electrons. The minimum atomic E-state index is -0.391. The number of rotatable bonds is 11. The topological polar surface area (TPSA) is 125 Å². The van der Waals surface area contributed by atoms with Crippen LogP contribution in [0.5, 0.6) is 11.5 Å². The van der Waals surface area contributed by atoms with Gasteiger partial charge in [0, 0.05) is 25.7 Å². The van der Waals surface area contributed by atoms with Gasteiger partial charge in [-0.1, -0.05) is 43.3 Å². The fraction of sp³-hybridized carbons (Fsp3) is 0.393. The van der Waals surface area contributed by atoms with Crippen molar-refractivity contribution in [1.82, 2.24) is 15.4 Å². The maximum Gasteiger partial charge on any atom is 0.307 e. The molecule has 0 aliphatic rings. The molecular formula is C28H35N3O6. The molecule has 9 nitrogen and oxygen atoms in total. The lowest BCUT2D eigenvalue weighted by Crippen LogP contribution is -2.23. The van der Waals surface area contributed by atoms with E-state index in [-0.39, 0.29) is 34.8 Å². The van der Waals surface area contributed by atoms with E-state index in [1.807, 2.05) is 57.0 Å². The van der Waals surface area contributed by atoms with E-state index in [0.717, 1.165) is 5.56 Å². The number of ether oxygens (including phenoxy) is 1. The van der Waals surface area contributed by atoms with Crippen LogP contribution in [0.25, 0.3) is 22.5 Å². The number of aromatic nitrogens is 1. The molecule has 0 unspecified atom stereocenters. The Morgan fingerprint density at radius 2 is 1.81 bits per heavy atom. The minimum Gasteiger partial charge on any atom is -0.508 e. The normalized spacial score (nSPS) is 11.2. The highest BCUT2D eigenvalue weighted by Crippen LogP contribution is 2.43. The second-order valence-corrected chi connectivity index (χ2v) is 9.17. The molecule has 2 aromatic carbocycles. The van der Waals surface area contributed by atoms with E-state index in [0.29, 0.717) is 54.9 Å². The third kappa shape index (κ3) is 6.68. The van der Waals surface area contributed by atoms with Gasteiger partial charge in [-0.25, -0.2) is 0 Å². The first kappa shape index (κ1) is 27.7. The molecule has 1 heterocycles. The molecular weight excluding hydrogens is 474 g/mol. The van der Waals surface area contributed by atoms with Gasteiger partial charge in [-0.05, 0) is 49.6 Å².